The van der Waals surface area contributed by atoms with Gasteiger partial charge in [0.1, 0.15) is 12.2 Å². The summed E-state index contributed by atoms with van der Waals surface area (Å²) >= 11 is 0. The number of aliphatic hydroxyl groups excluding tert-OH is 1. The number of hydrogen-bond acceptors (Lipinski definition) is 6. The summed E-state index contributed by atoms with van der Waals surface area (Å²) in [7, 11) is 4.43. The molecule has 0 saturated carbocycles. The first kappa shape index (κ1) is 20.5. The summed E-state index contributed by atoms with van der Waals surface area (Å²) in [5, 5.41) is 20.7. The number of allylic oxidation sites excluding steroid dienone is 1. The quantitative estimate of drug-likeness (QED) is 0.728. The molecule has 0 spiro atoms. The molecule has 0 radical (unpaired) electrons. The number of aromatic hydroxyl groups is 1. The van der Waals surface area contributed by atoms with Gasteiger partial charge < -0.3 is 29.2 Å². The molecule has 0 aliphatic rings. The van der Waals surface area contributed by atoms with Crippen LogP contribution in [-0.2, 0) is 0 Å². The minimum atomic E-state index is -0.978. The molecule has 27 heavy (non-hydrogen) atoms. The first-order valence-electron chi connectivity index (χ1n) is 8.55. The van der Waals surface area contributed by atoms with Crippen LogP contribution in [0.15, 0.2) is 36.4 Å². The van der Waals surface area contributed by atoms with Crippen LogP contribution >= 0.6 is 0 Å². The van der Waals surface area contributed by atoms with E-state index in [0.717, 1.165) is 5.56 Å². The molecule has 0 bridgehead atoms. The van der Waals surface area contributed by atoms with Crippen LogP contribution in [0.4, 0.5) is 0 Å². The van der Waals surface area contributed by atoms with Crippen molar-refractivity contribution in [1.82, 2.24) is 0 Å². The first-order valence-corrected chi connectivity index (χ1v) is 8.55. The fraction of sp³-hybridized carbons (Fsp3) is 0.333. The van der Waals surface area contributed by atoms with Crippen molar-refractivity contribution in [3.8, 4) is 28.7 Å². The second-order valence-electron chi connectivity index (χ2n) is 5.95. The van der Waals surface area contributed by atoms with Gasteiger partial charge in [-0.25, -0.2) is 0 Å². The summed E-state index contributed by atoms with van der Waals surface area (Å²) in [6, 6.07) is 8.67. The van der Waals surface area contributed by atoms with Crippen LogP contribution in [-0.4, -0.2) is 37.6 Å². The normalized spacial score (nSPS) is 13.3. The maximum atomic E-state index is 10.7. The molecule has 2 N–H and O–H groups in total. The Kier molecular flexibility index (Phi) is 6.96. The number of phenolic OH excluding ortho intramolecular Hbond substituents is 1. The molecule has 0 amide bonds. The van der Waals surface area contributed by atoms with Gasteiger partial charge in [0, 0.05) is 0 Å². The van der Waals surface area contributed by atoms with Crippen LogP contribution in [0.1, 0.15) is 31.1 Å². The van der Waals surface area contributed by atoms with E-state index in [1.807, 2.05) is 31.2 Å². The molecule has 6 heteroatoms. The minimum Gasteiger partial charge on any atom is -0.502 e. The van der Waals surface area contributed by atoms with E-state index in [-0.39, 0.29) is 17.2 Å². The third-order valence-corrected chi connectivity index (χ3v) is 4.15. The van der Waals surface area contributed by atoms with Crippen molar-refractivity contribution in [1.29, 1.82) is 0 Å². The summed E-state index contributed by atoms with van der Waals surface area (Å²) < 4.78 is 21.6. The van der Waals surface area contributed by atoms with E-state index in [1.165, 1.54) is 14.2 Å². The molecule has 0 aromatic heterocycles. The predicted molar refractivity (Wildman–Crippen MR) is 104 cm³/mol. The number of methoxy groups -OCH3 is 3. The number of hydrogen-bond donors (Lipinski definition) is 2. The summed E-state index contributed by atoms with van der Waals surface area (Å²) in [6.45, 7) is 3.69. The van der Waals surface area contributed by atoms with Crippen LogP contribution in [0.2, 0.25) is 0 Å². The van der Waals surface area contributed by atoms with E-state index in [1.54, 1.807) is 32.2 Å². The zero-order valence-corrected chi connectivity index (χ0v) is 16.2. The summed E-state index contributed by atoms with van der Waals surface area (Å²) in [4.78, 5) is 0. The summed E-state index contributed by atoms with van der Waals surface area (Å²) in [6.07, 6.45) is 2.33. The topological polar surface area (TPSA) is 77.4 Å². The highest BCUT2D eigenvalue weighted by molar-refractivity contribution is 5.56. The van der Waals surface area contributed by atoms with Gasteiger partial charge in [-0.1, -0.05) is 18.2 Å². The van der Waals surface area contributed by atoms with E-state index in [2.05, 4.69) is 0 Å². The number of benzene rings is 2. The molecular weight excluding hydrogens is 348 g/mol. The summed E-state index contributed by atoms with van der Waals surface area (Å²) in [5.41, 5.74) is 1.49. The molecule has 0 aliphatic heterocycles. The van der Waals surface area contributed by atoms with Crippen molar-refractivity contribution in [2.75, 3.05) is 21.3 Å². The van der Waals surface area contributed by atoms with E-state index < -0.39 is 12.2 Å². The fourth-order valence-corrected chi connectivity index (χ4v) is 2.70. The third-order valence-electron chi connectivity index (χ3n) is 4.15. The van der Waals surface area contributed by atoms with E-state index in [9.17, 15) is 10.2 Å². The standard InChI is InChI=1S/C21H26O6/c1-6-7-14-8-9-16(17(10-14)24-3)27-13(2)20(22)15-11-18(25-4)21(23)19(12-15)26-5/h6-13,20,22-23H,1-5H3. The Bertz CT molecular complexity index is 774. The minimum absolute atomic E-state index is 0.120. The third kappa shape index (κ3) is 4.65. The number of rotatable bonds is 8. The van der Waals surface area contributed by atoms with Crippen LogP contribution < -0.4 is 18.9 Å². The van der Waals surface area contributed by atoms with E-state index >= 15 is 0 Å². The monoisotopic (exact) mass is 374 g/mol. The molecule has 2 unspecified atom stereocenters. The Labute approximate surface area is 159 Å². The summed E-state index contributed by atoms with van der Waals surface area (Å²) in [5.74, 6) is 1.40. The molecule has 0 heterocycles. The predicted octanol–water partition coefficient (Wildman–Crippen LogP) is 3.95. The lowest BCUT2D eigenvalue weighted by molar-refractivity contribution is 0.0448. The highest BCUT2D eigenvalue weighted by Gasteiger charge is 2.23. The number of aliphatic hydroxyl groups is 1. The molecule has 0 saturated heterocycles. The Hall–Kier alpha value is -2.86. The smallest absolute Gasteiger partial charge is 0.200 e. The van der Waals surface area contributed by atoms with Crippen molar-refractivity contribution in [2.24, 2.45) is 0 Å². The molecule has 2 aromatic carbocycles. The van der Waals surface area contributed by atoms with Gasteiger partial charge in [0.15, 0.2) is 23.0 Å². The van der Waals surface area contributed by atoms with Crippen LogP contribution in [0, 0.1) is 0 Å². The lowest BCUT2D eigenvalue weighted by atomic mass is 10.0. The van der Waals surface area contributed by atoms with E-state index in [0.29, 0.717) is 17.1 Å². The average Bonchev–Trinajstić information content (AvgIpc) is 2.68. The Morgan fingerprint density at radius 2 is 1.48 bits per heavy atom. The molecule has 2 atom stereocenters. The Morgan fingerprint density at radius 3 is 2.00 bits per heavy atom. The van der Waals surface area contributed by atoms with Gasteiger partial charge >= 0.3 is 0 Å². The van der Waals surface area contributed by atoms with Crippen LogP contribution in [0.25, 0.3) is 6.08 Å². The number of ether oxygens (including phenoxy) is 4. The van der Waals surface area contributed by atoms with Crippen molar-refractivity contribution < 1.29 is 29.2 Å². The van der Waals surface area contributed by atoms with Gasteiger partial charge in [-0.05, 0) is 49.2 Å². The van der Waals surface area contributed by atoms with Gasteiger partial charge in [-0.15, -0.1) is 0 Å². The number of phenols is 1. The Balaban J connectivity index is 2.27. The van der Waals surface area contributed by atoms with Crippen LogP contribution in [0.5, 0.6) is 28.7 Å². The second kappa shape index (κ2) is 9.19. The molecular formula is C21H26O6. The molecule has 2 aromatic rings. The van der Waals surface area contributed by atoms with Crippen molar-refractivity contribution in [2.45, 2.75) is 26.1 Å². The maximum absolute atomic E-state index is 10.7. The molecule has 6 nitrogen and oxygen atoms in total. The molecule has 2 rings (SSSR count). The van der Waals surface area contributed by atoms with Gasteiger partial charge in [0.2, 0.25) is 5.75 Å². The lowest BCUT2D eigenvalue weighted by Crippen LogP contribution is -2.22. The lowest BCUT2D eigenvalue weighted by Gasteiger charge is -2.23. The Morgan fingerprint density at radius 1 is 0.889 bits per heavy atom. The first-order chi connectivity index (χ1) is 12.9. The van der Waals surface area contributed by atoms with Gasteiger partial charge in [0.25, 0.3) is 0 Å². The van der Waals surface area contributed by atoms with Crippen molar-refractivity contribution in [3.05, 3.63) is 47.5 Å². The van der Waals surface area contributed by atoms with Gasteiger partial charge in [-0.3, -0.25) is 0 Å². The van der Waals surface area contributed by atoms with E-state index in [4.69, 9.17) is 18.9 Å². The zero-order chi connectivity index (χ0) is 20.0. The average molecular weight is 374 g/mol. The fourth-order valence-electron chi connectivity index (χ4n) is 2.70. The van der Waals surface area contributed by atoms with Gasteiger partial charge in [-0.2, -0.15) is 0 Å². The highest BCUT2D eigenvalue weighted by Crippen LogP contribution is 2.40. The van der Waals surface area contributed by atoms with Crippen molar-refractivity contribution in [3.63, 3.8) is 0 Å². The molecule has 0 aliphatic carbocycles. The van der Waals surface area contributed by atoms with Crippen LogP contribution in [0.3, 0.4) is 0 Å². The van der Waals surface area contributed by atoms with Gasteiger partial charge in [0.05, 0.1) is 21.3 Å². The maximum Gasteiger partial charge on any atom is 0.200 e. The molecule has 146 valence electrons. The zero-order valence-electron chi connectivity index (χ0n) is 16.2. The SMILES string of the molecule is CC=Cc1ccc(OC(C)C(O)c2cc(OC)c(O)c(OC)c2)c(OC)c1. The highest BCUT2D eigenvalue weighted by atomic mass is 16.5. The molecule has 0 fully saturated rings. The largest absolute Gasteiger partial charge is 0.502 e. The van der Waals surface area contributed by atoms with Crippen molar-refractivity contribution >= 4 is 6.08 Å². The second-order valence-corrected chi connectivity index (χ2v) is 5.95.